The lowest BCUT2D eigenvalue weighted by Crippen LogP contribution is -2.25. The quantitative estimate of drug-likeness (QED) is 0.0729. The molecule has 0 saturated heterocycles. The van der Waals surface area contributed by atoms with Crippen molar-refractivity contribution in [3.63, 3.8) is 0 Å². The van der Waals surface area contributed by atoms with Crippen molar-refractivity contribution >= 4 is 50.7 Å². The van der Waals surface area contributed by atoms with Crippen LogP contribution in [0.25, 0.3) is 0 Å². The van der Waals surface area contributed by atoms with Gasteiger partial charge in [0, 0.05) is 37.5 Å². The zero-order chi connectivity index (χ0) is 36.1. The maximum absolute atomic E-state index is 13.9. The number of hydroxylamine groups is 1. The summed E-state index contributed by atoms with van der Waals surface area (Å²) < 4.78 is 66.7. The van der Waals surface area contributed by atoms with Crippen LogP contribution in [0.1, 0.15) is 53.6 Å². The van der Waals surface area contributed by atoms with Gasteiger partial charge in [0.05, 0.1) is 24.2 Å². The molecular formula is C34H38F3N7O5S. The van der Waals surface area contributed by atoms with E-state index in [9.17, 15) is 31.2 Å². The van der Waals surface area contributed by atoms with Crippen molar-refractivity contribution in [2.24, 2.45) is 0 Å². The highest BCUT2D eigenvalue weighted by Crippen LogP contribution is 2.37. The van der Waals surface area contributed by atoms with Crippen LogP contribution in [0.2, 0.25) is 0 Å². The lowest BCUT2D eigenvalue weighted by Gasteiger charge is -2.22. The first-order valence-corrected chi connectivity index (χ1v) is 17.5. The van der Waals surface area contributed by atoms with Gasteiger partial charge in [0.2, 0.25) is 21.9 Å². The summed E-state index contributed by atoms with van der Waals surface area (Å²) in [6, 6.07) is 21.7. The Morgan fingerprint density at radius 3 is 2.26 bits per heavy atom. The number of unbranched alkanes of at least 4 members (excludes halogenated alkanes) is 3. The van der Waals surface area contributed by atoms with E-state index in [-0.39, 0.29) is 29.1 Å². The Bertz CT molecular complexity index is 1840. The maximum Gasteiger partial charge on any atom is 0.421 e. The van der Waals surface area contributed by atoms with E-state index in [0.29, 0.717) is 43.4 Å². The number of rotatable bonds is 17. The molecule has 0 aliphatic rings. The SMILES string of the molecule is CN(c1ccccc1Nc1nc(Nc2ccc(C(=O)NCCCCCCC(=O)NOCc3ccccc3)cc2)ncc1C(F)(F)F)S(C)(=O)=O. The van der Waals surface area contributed by atoms with Gasteiger partial charge in [0.15, 0.2) is 0 Å². The van der Waals surface area contributed by atoms with Gasteiger partial charge in [-0.2, -0.15) is 18.2 Å². The van der Waals surface area contributed by atoms with Crippen LogP contribution in [-0.2, 0) is 32.4 Å². The Balaban J connectivity index is 1.25. The first kappa shape index (κ1) is 37.6. The maximum atomic E-state index is 13.9. The first-order chi connectivity index (χ1) is 23.8. The van der Waals surface area contributed by atoms with Gasteiger partial charge in [0.25, 0.3) is 5.91 Å². The first-order valence-electron chi connectivity index (χ1n) is 15.7. The molecule has 4 rings (SSSR count). The molecule has 0 aliphatic carbocycles. The molecule has 0 bridgehead atoms. The second kappa shape index (κ2) is 17.4. The fourth-order valence-electron chi connectivity index (χ4n) is 4.63. The third kappa shape index (κ3) is 11.4. The number of alkyl halides is 3. The third-order valence-corrected chi connectivity index (χ3v) is 8.57. The van der Waals surface area contributed by atoms with E-state index >= 15 is 0 Å². The van der Waals surface area contributed by atoms with Gasteiger partial charge in [0.1, 0.15) is 11.4 Å². The van der Waals surface area contributed by atoms with Crippen LogP contribution in [0.3, 0.4) is 0 Å². The summed E-state index contributed by atoms with van der Waals surface area (Å²) in [5.74, 6) is -1.23. The van der Waals surface area contributed by atoms with Crippen molar-refractivity contribution in [1.82, 2.24) is 20.8 Å². The van der Waals surface area contributed by atoms with Crippen LogP contribution < -0.4 is 25.7 Å². The molecule has 0 atom stereocenters. The molecule has 16 heteroatoms. The monoisotopic (exact) mass is 713 g/mol. The minimum atomic E-state index is -4.80. The highest BCUT2D eigenvalue weighted by atomic mass is 32.2. The summed E-state index contributed by atoms with van der Waals surface area (Å²) in [6.45, 7) is 0.743. The molecule has 0 unspecified atom stereocenters. The van der Waals surface area contributed by atoms with Gasteiger partial charge in [-0.25, -0.2) is 18.9 Å². The number of sulfonamides is 1. The zero-order valence-corrected chi connectivity index (χ0v) is 28.3. The number of benzene rings is 3. The molecule has 266 valence electrons. The van der Waals surface area contributed by atoms with Crippen molar-refractivity contribution in [3.8, 4) is 0 Å². The largest absolute Gasteiger partial charge is 0.421 e. The predicted molar refractivity (Wildman–Crippen MR) is 185 cm³/mol. The second-order valence-electron chi connectivity index (χ2n) is 11.2. The molecule has 4 N–H and O–H groups in total. The number of halogens is 3. The highest BCUT2D eigenvalue weighted by molar-refractivity contribution is 7.92. The van der Waals surface area contributed by atoms with E-state index in [2.05, 4.69) is 31.4 Å². The Labute approximate surface area is 288 Å². The van der Waals surface area contributed by atoms with E-state index < -0.39 is 27.6 Å². The standard InChI is InChI=1S/C34H38F3N7O5S/c1-44(50(2,47)48)29-15-10-9-14-28(29)41-31-27(34(35,36)37)22-39-33(42-31)40-26-19-17-25(18-20-26)32(46)38-21-11-4-3-8-16-30(45)43-49-23-24-12-6-5-7-13-24/h5-7,9-10,12-15,17-20,22H,3-4,8,11,16,21,23H2,1-2H3,(H,38,46)(H,43,45)(H2,39,40,41,42). The van der Waals surface area contributed by atoms with Gasteiger partial charge in [-0.1, -0.05) is 55.3 Å². The van der Waals surface area contributed by atoms with Crippen molar-refractivity contribution in [2.75, 3.05) is 34.8 Å². The molecule has 1 aromatic heterocycles. The number of carbonyl (C=O) groups excluding carboxylic acids is 2. The van der Waals surface area contributed by atoms with Crippen molar-refractivity contribution in [1.29, 1.82) is 0 Å². The van der Waals surface area contributed by atoms with Crippen LogP contribution in [0.5, 0.6) is 0 Å². The molecule has 1 heterocycles. The van der Waals surface area contributed by atoms with E-state index in [1.165, 1.54) is 19.2 Å². The number of hydrogen-bond donors (Lipinski definition) is 4. The Morgan fingerprint density at radius 2 is 1.56 bits per heavy atom. The summed E-state index contributed by atoms with van der Waals surface area (Å²) >= 11 is 0. The number of aromatic nitrogens is 2. The van der Waals surface area contributed by atoms with Crippen LogP contribution in [0.4, 0.5) is 42.0 Å². The van der Waals surface area contributed by atoms with Gasteiger partial charge in [-0.3, -0.25) is 18.7 Å². The van der Waals surface area contributed by atoms with E-state index in [1.807, 2.05) is 30.3 Å². The molecule has 3 aromatic carbocycles. The van der Waals surface area contributed by atoms with Crippen molar-refractivity contribution in [3.05, 3.63) is 102 Å². The molecule has 2 amide bonds. The lowest BCUT2D eigenvalue weighted by molar-refractivity contribution is -0.137. The Hall–Kier alpha value is -5.22. The number of nitrogens with one attached hydrogen (secondary N) is 4. The number of anilines is 5. The topological polar surface area (TPSA) is 155 Å². The summed E-state index contributed by atoms with van der Waals surface area (Å²) in [7, 11) is -2.42. The van der Waals surface area contributed by atoms with E-state index in [0.717, 1.165) is 35.4 Å². The predicted octanol–water partition coefficient (Wildman–Crippen LogP) is 6.31. The molecule has 0 radical (unpaired) electrons. The van der Waals surface area contributed by atoms with Crippen molar-refractivity contribution < 1.29 is 36.0 Å². The lowest BCUT2D eigenvalue weighted by atomic mass is 10.1. The normalized spacial score (nSPS) is 11.5. The second-order valence-corrected chi connectivity index (χ2v) is 13.3. The number of hydrogen-bond acceptors (Lipinski definition) is 9. The minimum absolute atomic E-state index is 0.0820. The molecule has 50 heavy (non-hydrogen) atoms. The Kier molecular flexibility index (Phi) is 13.1. The van der Waals surface area contributed by atoms with Gasteiger partial charge in [-0.15, -0.1) is 0 Å². The molecule has 12 nitrogen and oxygen atoms in total. The fraction of sp³-hybridized carbons (Fsp3) is 0.294. The Morgan fingerprint density at radius 1 is 0.880 bits per heavy atom. The fourth-order valence-corrected chi connectivity index (χ4v) is 5.15. The number of para-hydroxylation sites is 2. The van der Waals surface area contributed by atoms with Crippen LogP contribution in [-0.4, -0.2) is 50.0 Å². The summed E-state index contributed by atoms with van der Waals surface area (Å²) in [5, 5.41) is 8.29. The summed E-state index contributed by atoms with van der Waals surface area (Å²) in [5.41, 5.74) is 3.25. The van der Waals surface area contributed by atoms with Crippen LogP contribution in [0.15, 0.2) is 85.1 Å². The zero-order valence-electron chi connectivity index (χ0n) is 27.5. The molecule has 0 aliphatic heterocycles. The number of amides is 2. The van der Waals surface area contributed by atoms with E-state index in [4.69, 9.17) is 4.84 Å². The molecule has 0 spiro atoms. The van der Waals surface area contributed by atoms with Crippen LogP contribution in [0, 0.1) is 0 Å². The van der Waals surface area contributed by atoms with Gasteiger partial charge in [-0.05, 0) is 54.8 Å². The van der Waals surface area contributed by atoms with Gasteiger partial charge >= 0.3 is 6.18 Å². The van der Waals surface area contributed by atoms with Crippen LogP contribution >= 0.6 is 0 Å². The molecule has 4 aromatic rings. The molecular weight excluding hydrogens is 675 g/mol. The van der Waals surface area contributed by atoms with E-state index in [1.54, 1.807) is 36.4 Å². The highest BCUT2D eigenvalue weighted by Gasteiger charge is 2.35. The average Bonchev–Trinajstić information content (AvgIpc) is 3.07. The molecule has 0 saturated carbocycles. The minimum Gasteiger partial charge on any atom is -0.352 e. The number of nitrogens with zero attached hydrogens (tertiary/aromatic N) is 3. The summed E-state index contributed by atoms with van der Waals surface area (Å²) in [4.78, 5) is 37.6. The molecule has 0 fully saturated rings. The van der Waals surface area contributed by atoms with Crippen molar-refractivity contribution in [2.45, 2.75) is 44.9 Å². The third-order valence-electron chi connectivity index (χ3n) is 7.38. The smallest absolute Gasteiger partial charge is 0.352 e. The summed E-state index contributed by atoms with van der Waals surface area (Å²) in [6.07, 6.45) is 0.200. The van der Waals surface area contributed by atoms with Gasteiger partial charge < -0.3 is 16.0 Å². The number of carbonyl (C=O) groups is 2. The average molecular weight is 714 g/mol.